The first-order valence-corrected chi connectivity index (χ1v) is 13.9. The van der Waals surface area contributed by atoms with E-state index in [1.54, 1.807) is 0 Å². The van der Waals surface area contributed by atoms with Crippen molar-refractivity contribution in [2.24, 2.45) is 4.99 Å². The van der Waals surface area contributed by atoms with Gasteiger partial charge in [-0.3, -0.25) is 14.7 Å². The third-order valence-corrected chi connectivity index (χ3v) is 7.58. The van der Waals surface area contributed by atoms with E-state index in [0.717, 1.165) is 75.2 Å². The molecule has 2 aromatic rings. The maximum absolute atomic E-state index is 14.0. The Morgan fingerprint density at radius 3 is 2.49 bits per heavy atom. The summed E-state index contributed by atoms with van der Waals surface area (Å²) in [6.45, 7) is 13.4. The largest absolute Gasteiger partial charge is 0.456 e. The van der Waals surface area contributed by atoms with Gasteiger partial charge >= 0.3 is 0 Å². The van der Waals surface area contributed by atoms with E-state index in [9.17, 15) is 9.90 Å². The minimum atomic E-state index is 0.0339. The Balaban J connectivity index is 1.72. The van der Waals surface area contributed by atoms with Gasteiger partial charge in [0.2, 0.25) is 0 Å². The number of fused-ring (bicyclic) bond motifs is 2. The average molecular weight is 527 g/mol. The summed E-state index contributed by atoms with van der Waals surface area (Å²) in [5.41, 5.74) is 7.57. The summed E-state index contributed by atoms with van der Waals surface area (Å²) >= 11 is 0. The van der Waals surface area contributed by atoms with Gasteiger partial charge in [0.15, 0.2) is 0 Å². The highest BCUT2D eigenvalue weighted by Crippen LogP contribution is 2.43. The lowest BCUT2D eigenvalue weighted by Gasteiger charge is -2.34. The summed E-state index contributed by atoms with van der Waals surface area (Å²) in [6.07, 6.45) is 0. The molecular formula is C32H38N4O3. The molecule has 7 nitrogen and oxygen atoms in total. The molecule has 2 heterocycles. The van der Waals surface area contributed by atoms with E-state index in [2.05, 4.69) is 60.2 Å². The fraction of sp³-hybridized carbons (Fsp3) is 0.375. The van der Waals surface area contributed by atoms with Crippen LogP contribution >= 0.6 is 0 Å². The smallest absolute Gasteiger partial charge is 0.254 e. The van der Waals surface area contributed by atoms with Crippen LogP contribution in [-0.4, -0.2) is 73.2 Å². The van der Waals surface area contributed by atoms with Gasteiger partial charge in [0.1, 0.15) is 11.3 Å². The van der Waals surface area contributed by atoms with E-state index in [1.165, 1.54) is 0 Å². The van der Waals surface area contributed by atoms with Crippen molar-refractivity contribution in [2.45, 2.75) is 27.7 Å². The van der Waals surface area contributed by atoms with Crippen LogP contribution in [0.15, 0.2) is 57.9 Å². The Labute approximate surface area is 230 Å². The second-order valence-corrected chi connectivity index (χ2v) is 10.2. The van der Waals surface area contributed by atoms with Crippen LogP contribution in [0.5, 0.6) is 0 Å². The van der Waals surface area contributed by atoms with E-state index < -0.39 is 0 Å². The molecule has 2 aliphatic heterocycles. The van der Waals surface area contributed by atoms with Crippen LogP contribution in [0.25, 0.3) is 33.4 Å². The number of aliphatic hydroxyl groups is 1. The molecule has 0 bridgehead atoms. The van der Waals surface area contributed by atoms with Crippen LogP contribution in [0.2, 0.25) is 0 Å². The number of aliphatic hydroxyl groups excluding tert-OH is 1. The molecule has 0 aromatic heterocycles. The van der Waals surface area contributed by atoms with Gasteiger partial charge < -0.3 is 19.7 Å². The lowest BCUT2D eigenvalue weighted by atomic mass is 9.89. The zero-order valence-corrected chi connectivity index (χ0v) is 23.4. The number of rotatable bonds is 7. The van der Waals surface area contributed by atoms with Crippen molar-refractivity contribution in [1.82, 2.24) is 9.80 Å². The standard InChI is InChI=1S/C32H38N4O3/c1-5-33-27-19-29-25(17-21(27)3)31(26-18-22(4)28(34-6-2)20-30(26)39-29)23-9-7-8-10-24(23)32(38)36-13-11-35(12-14-36)15-16-37/h7-10,17-20,33,37H,5-6,11-16H2,1-4H3. The Hall–Kier alpha value is -3.68. The van der Waals surface area contributed by atoms with E-state index >= 15 is 0 Å². The molecule has 0 spiro atoms. The number of nitrogens with zero attached hydrogens (tertiary/aromatic N) is 3. The molecule has 5 rings (SSSR count). The van der Waals surface area contributed by atoms with Crippen molar-refractivity contribution >= 4 is 22.6 Å². The van der Waals surface area contributed by atoms with Crippen LogP contribution in [0, 0.1) is 13.8 Å². The van der Waals surface area contributed by atoms with Gasteiger partial charge in [-0.15, -0.1) is 0 Å². The van der Waals surface area contributed by atoms with Crippen molar-refractivity contribution in [3.63, 3.8) is 0 Å². The monoisotopic (exact) mass is 526 g/mol. The second-order valence-electron chi connectivity index (χ2n) is 10.2. The molecule has 0 saturated carbocycles. The van der Waals surface area contributed by atoms with Gasteiger partial charge in [-0.25, -0.2) is 0 Å². The molecule has 204 valence electrons. The van der Waals surface area contributed by atoms with Gasteiger partial charge in [-0.2, -0.15) is 0 Å². The molecule has 3 aliphatic rings. The maximum atomic E-state index is 14.0. The number of carbonyl (C=O) groups excluding carboxylic acids is 1. The van der Waals surface area contributed by atoms with E-state index in [4.69, 9.17) is 4.42 Å². The van der Waals surface area contributed by atoms with Gasteiger partial charge in [-0.05, 0) is 62.6 Å². The van der Waals surface area contributed by atoms with Crippen LogP contribution in [0.4, 0.5) is 5.69 Å². The Morgan fingerprint density at radius 2 is 1.77 bits per heavy atom. The average Bonchev–Trinajstić information content (AvgIpc) is 2.94. The molecule has 1 saturated heterocycles. The number of aryl methyl sites for hydroxylation is 2. The SMILES string of the molecule is CCN=c1cc2oc3cc(NCC)c(C)cc3c(-c3ccccc3C(=O)N3CCN(CCO)CC3)c-2cc1C. The van der Waals surface area contributed by atoms with Crippen molar-refractivity contribution < 1.29 is 14.3 Å². The highest BCUT2D eigenvalue weighted by molar-refractivity contribution is 6.09. The summed E-state index contributed by atoms with van der Waals surface area (Å²) in [7, 11) is 0. The predicted octanol–water partition coefficient (Wildman–Crippen LogP) is 4.92. The molecule has 7 heteroatoms. The number of β-amino-alcohol motifs (C(OH)–C–C–N with tert-alkyl or cyclic N) is 1. The van der Waals surface area contributed by atoms with E-state index in [-0.39, 0.29) is 12.5 Å². The third-order valence-electron chi connectivity index (χ3n) is 7.58. The lowest BCUT2D eigenvalue weighted by Crippen LogP contribution is -2.49. The number of benzene rings is 3. The maximum Gasteiger partial charge on any atom is 0.254 e. The van der Waals surface area contributed by atoms with Crippen molar-refractivity contribution in [1.29, 1.82) is 0 Å². The number of piperazine rings is 1. The molecule has 0 atom stereocenters. The van der Waals surface area contributed by atoms with Crippen LogP contribution in [-0.2, 0) is 0 Å². The van der Waals surface area contributed by atoms with Crippen LogP contribution < -0.4 is 10.7 Å². The fourth-order valence-corrected chi connectivity index (χ4v) is 5.57. The predicted molar refractivity (Wildman–Crippen MR) is 157 cm³/mol. The molecule has 1 amide bonds. The van der Waals surface area contributed by atoms with Gasteiger partial charge in [-0.1, -0.05) is 18.2 Å². The zero-order valence-electron chi connectivity index (χ0n) is 23.4. The van der Waals surface area contributed by atoms with E-state index in [1.807, 2.05) is 36.1 Å². The van der Waals surface area contributed by atoms with Gasteiger partial charge in [0.05, 0.1) is 12.0 Å². The Kier molecular flexibility index (Phi) is 8.00. The molecular weight excluding hydrogens is 488 g/mol. The minimum Gasteiger partial charge on any atom is -0.456 e. The second kappa shape index (κ2) is 11.6. The molecule has 1 fully saturated rings. The summed E-state index contributed by atoms with van der Waals surface area (Å²) in [5.74, 6) is 0.785. The molecule has 39 heavy (non-hydrogen) atoms. The first kappa shape index (κ1) is 26.9. The summed E-state index contributed by atoms with van der Waals surface area (Å²) in [4.78, 5) is 22.8. The zero-order chi connectivity index (χ0) is 27.5. The molecule has 0 unspecified atom stereocenters. The lowest BCUT2D eigenvalue weighted by molar-refractivity contribution is 0.0615. The quantitative estimate of drug-likeness (QED) is 0.334. The summed E-state index contributed by atoms with van der Waals surface area (Å²) in [5, 5.41) is 14.6. The van der Waals surface area contributed by atoms with Crippen LogP contribution in [0.3, 0.4) is 0 Å². The highest BCUT2D eigenvalue weighted by Gasteiger charge is 2.27. The normalized spacial score (nSPS) is 14.9. The Morgan fingerprint density at radius 1 is 1.00 bits per heavy atom. The number of hydrogen-bond donors (Lipinski definition) is 2. The van der Waals surface area contributed by atoms with Gasteiger partial charge in [0.25, 0.3) is 5.91 Å². The van der Waals surface area contributed by atoms with E-state index in [0.29, 0.717) is 31.7 Å². The molecule has 1 aliphatic carbocycles. The first-order valence-electron chi connectivity index (χ1n) is 13.9. The number of hydrogen-bond acceptors (Lipinski definition) is 6. The number of nitrogens with one attached hydrogen (secondary N) is 1. The number of anilines is 1. The summed E-state index contributed by atoms with van der Waals surface area (Å²) < 4.78 is 6.52. The number of carbonyl (C=O) groups is 1. The molecule has 0 radical (unpaired) electrons. The summed E-state index contributed by atoms with van der Waals surface area (Å²) in [6, 6.07) is 16.3. The molecule has 2 N–H and O–H groups in total. The Bertz CT molecular complexity index is 1530. The van der Waals surface area contributed by atoms with Crippen molar-refractivity contribution in [3.8, 4) is 22.5 Å². The minimum absolute atomic E-state index is 0.0339. The van der Waals surface area contributed by atoms with Crippen molar-refractivity contribution in [2.75, 3.05) is 57.7 Å². The van der Waals surface area contributed by atoms with Crippen LogP contribution in [0.1, 0.15) is 35.3 Å². The topological polar surface area (TPSA) is 81.3 Å². The van der Waals surface area contributed by atoms with Crippen molar-refractivity contribution in [3.05, 3.63) is 70.6 Å². The first-order chi connectivity index (χ1) is 18.9. The third kappa shape index (κ3) is 5.29. The highest BCUT2D eigenvalue weighted by atomic mass is 16.3. The van der Waals surface area contributed by atoms with Gasteiger partial charge in [0, 0.05) is 85.7 Å². The number of amides is 1. The fourth-order valence-electron chi connectivity index (χ4n) is 5.57. The molecule has 2 aromatic carbocycles.